The second kappa shape index (κ2) is 8.02. The number of nitrogens with zero attached hydrogens (tertiary/aromatic N) is 5. The fourth-order valence-corrected chi connectivity index (χ4v) is 5.26. The van der Waals surface area contributed by atoms with Gasteiger partial charge in [-0.25, -0.2) is 15.0 Å². The number of imidazole rings is 1. The Morgan fingerprint density at radius 1 is 1.26 bits per heavy atom. The molecule has 12 heteroatoms. The van der Waals surface area contributed by atoms with E-state index in [1.807, 2.05) is 13.8 Å². The van der Waals surface area contributed by atoms with Gasteiger partial charge in [0, 0.05) is 12.4 Å². The van der Waals surface area contributed by atoms with Crippen LogP contribution in [0.5, 0.6) is 0 Å². The maximum Gasteiger partial charge on any atom is 0.185 e. The van der Waals surface area contributed by atoms with E-state index in [0.29, 0.717) is 41.7 Å². The minimum atomic E-state index is -1.27. The van der Waals surface area contributed by atoms with Gasteiger partial charge in [0.05, 0.1) is 36.2 Å². The Labute approximate surface area is 182 Å². The Morgan fingerprint density at radius 3 is 2.81 bits per heavy atom. The summed E-state index contributed by atoms with van der Waals surface area (Å²) in [5.74, 6) is 1.58. The first kappa shape index (κ1) is 20.6. The predicted octanol–water partition coefficient (Wildman–Crippen LogP) is 0.829. The van der Waals surface area contributed by atoms with Crippen LogP contribution in [0.4, 0.5) is 5.82 Å². The maximum atomic E-state index is 11.0. The minimum absolute atomic E-state index is 0.00138. The first-order valence-corrected chi connectivity index (χ1v) is 11.1. The van der Waals surface area contributed by atoms with Crippen molar-refractivity contribution in [3.05, 3.63) is 24.1 Å². The first-order valence-electron chi connectivity index (χ1n) is 10.1. The highest BCUT2D eigenvalue weighted by Gasteiger charge is 2.51. The SMILES string of the molecule is Cc1noc(C)c1SC[C@]1(n2cnc3c(NC4CCOC4)ncnc32)OC[C@H](O)[C@H]1O. The molecule has 4 atom stereocenters. The van der Waals surface area contributed by atoms with Crippen LogP contribution in [0.2, 0.25) is 0 Å². The van der Waals surface area contributed by atoms with E-state index >= 15 is 0 Å². The summed E-state index contributed by atoms with van der Waals surface area (Å²) in [4.78, 5) is 14.1. The largest absolute Gasteiger partial charge is 0.388 e. The first-order chi connectivity index (χ1) is 15.0. The van der Waals surface area contributed by atoms with Crippen LogP contribution in [-0.4, -0.2) is 78.7 Å². The number of thioether (sulfide) groups is 1. The lowest BCUT2D eigenvalue weighted by molar-refractivity contribution is -0.103. The van der Waals surface area contributed by atoms with Crippen molar-refractivity contribution >= 4 is 28.7 Å². The highest BCUT2D eigenvalue weighted by atomic mass is 32.2. The van der Waals surface area contributed by atoms with Crippen molar-refractivity contribution in [2.75, 3.05) is 30.9 Å². The molecule has 0 aromatic carbocycles. The standard InChI is InChI=1S/C19H24N6O5S/c1-10-15(11(2)30-24-10)31-7-19(16(27)13(26)6-29-19)25-9-22-14-17(20-8-21-18(14)25)23-12-3-4-28-5-12/h8-9,12-13,16,26-27H,3-7H2,1-2H3,(H,20,21,23)/t12?,13-,16+,19-/m0/s1. The predicted molar refractivity (Wildman–Crippen MR) is 111 cm³/mol. The Morgan fingerprint density at radius 2 is 2.13 bits per heavy atom. The van der Waals surface area contributed by atoms with Gasteiger partial charge in [0.25, 0.3) is 0 Å². The van der Waals surface area contributed by atoms with Crippen LogP contribution in [-0.2, 0) is 15.2 Å². The van der Waals surface area contributed by atoms with Crippen LogP contribution in [0.15, 0.2) is 22.1 Å². The normalized spacial score (nSPS) is 28.6. The molecule has 166 valence electrons. The molecule has 0 spiro atoms. The number of anilines is 1. The van der Waals surface area contributed by atoms with Crippen molar-refractivity contribution in [1.82, 2.24) is 24.7 Å². The Balaban J connectivity index is 1.52. The third-order valence-corrected chi connectivity index (χ3v) is 7.16. The van der Waals surface area contributed by atoms with Crippen molar-refractivity contribution in [1.29, 1.82) is 0 Å². The fourth-order valence-electron chi connectivity index (χ4n) is 4.03. The summed E-state index contributed by atoms with van der Waals surface area (Å²) in [6.45, 7) is 5.01. The molecule has 0 bridgehead atoms. The zero-order chi connectivity index (χ0) is 21.6. The maximum absolute atomic E-state index is 11.0. The van der Waals surface area contributed by atoms with Crippen LogP contribution in [0, 0.1) is 13.8 Å². The minimum Gasteiger partial charge on any atom is -0.388 e. The molecule has 3 N–H and O–H groups in total. The fraction of sp³-hybridized carbons (Fsp3) is 0.579. The van der Waals surface area contributed by atoms with Crippen molar-refractivity contribution in [3.63, 3.8) is 0 Å². The Kier molecular flexibility index (Phi) is 5.34. The number of aliphatic hydroxyl groups excluding tert-OH is 2. The van der Waals surface area contributed by atoms with Crippen LogP contribution < -0.4 is 5.32 Å². The van der Waals surface area contributed by atoms with Gasteiger partial charge in [0.1, 0.15) is 24.3 Å². The molecule has 1 unspecified atom stereocenters. The van der Waals surface area contributed by atoms with Gasteiger partial charge in [-0.05, 0) is 20.3 Å². The van der Waals surface area contributed by atoms with E-state index in [1.165, 1.54) is 18.1 Å². The second-order valence-corrected chi connectivity index (χ2v) is 8.81. The Bertz CT molecular complexity index is 1060. The van der Waals surface area contributed by atoms with Crippen molar-refractivity contribution in [2.24, 2.45) is 0 Å². The molecule has 2 aliphatic heterocycles. The average molecular weight is 449 g/mol. The van der Waals surface area contributed by atoms with Crippen molar-refractivity contribution < 1.29 is 24.2 Å². The second-order valence-electron chi connectivity index (χ2n) is 7.82. The van der Waals surface area contributed by atoms with Gasteiger partial charge in [-0.2, -0.15) is 0 Å². The Hall–Kier alpha value is -2.25. The molecule has 0 aliphatic carbocycles. The molecule has 11 nitrogen and oxygen atoms in total. The summed E-state index contributed by atoms with van der Waals surface area (Å²) in [6.07, 6.45) is 1.71. The molecular formula is C19H24N6O5S. The molecule has 0 amide bonds. The summed E-state index contributed by atoms with van der Waals surface area (Å²) in [7, 11) is 0. The van der Waals surface area contributed by atoms with Gasteiger partial charge in [-0.3, -0.25) is 4.57 Å². The van der Waals surface area contributed by atoms with E-state index < -0.39 is 17.9 Å². The molecule has 2 saturated heterocycles. The summed E-state index contributed by atoms with van der Waals surface area (Å²) < 4.78 is 18.4. The highest BCUT2D eigenvalue weighted by Crippen LogP contribution is 2.40. The number of nitrogens with one attached hydrogen (secondary N) is 1. The lowest BCUT2D eigenvalue weighted by Gasteiger charge is -2.33. The summed E-state index contributed by atoms with van der Waals surface area (Å²) >= 11 is 1.44. The molecule has 2 aliphatic rings. The number of aliphatic hydroxyl groups is 2. The molecule has 0 radical (unpaired) electrons. The van der Waals surface area contributed by atoms with E-state index in [9.17, 15) is 10.2 Å². The third-order valence-electron chi connectivity index (χ3n) is 5.73. The van der Waals surface area contributed by atoms with Crippen LogP contribution in [0.3, 0.4) is 0 Å². The quantitative estimate of drug-likeness (QED) is 0.462. The van der Waals surface area contributed by atoms with Gasteiger partial charge in [0.2, 0.25) is 0 Å². The number of aromatic nitrogens is 5. The molecule has 3 aromatic rings. The number of fused-ring (bicyclic) bond motifs is 1. The summed E-state index contributed by atoms with van der Waals surface area (Å²) in [6, 6.07) is 0.155. The molecule has 0 saturated carbocycles. The van der Waals surface area contributed by atoms with E-state index in [1.54, 1.807) is 10.9 Å². The van der Waals surface area contributed by atoms with Crippen LogP contribution in [0.1, 0.15) is 17.9 Å². The van der Waals surface area contributed by atoms with Crippen molar-refractivity contribution in [3.8, 4) is 0 Å². The number of hydrogen-bond acceptors (Lipinski definition) is 11. The van der Waals surface area contributed by atoms with Gasteiger partial charge in [0.15, 0.2) is 22.7 Å². The van der Waals surface area contributed by atoms with Gasteiger partial charge in [-0.1, -0.05) is 5.16 Å². The molecule has 2 fully saturated rings. The lowest BCUT2D eigenvalue weighted by Crippen LogP contribution is -2.47. The summed E-state index contributed by atoms with van der Waals surface area (Å²) in [5.41, 5.74) is 0.558. The van der Waals surface area contributed by atoms with E-state index in [-0.39, 0.29) is 12.6 Å². The number of rotatable bonds is 6. The zero-order valence-corrected chi connectivity index (χ0v) is 18.0. The third kappa shape index (κ3) is 3.48. The van der Waals surface area contributed by atoms with Crippen LogP contribution >= 0.6 is 11.8 Å². The molecule has 31 heavy (non-hydrogen) atoms. The molecule has 5 heterocycles. The number of ether oxygens (including phenoxy) is 2. The van der Waals surface area contributed by atoms with E-state index in [0.717, 1.165) is 17.0 Å². The summed E-state index contributed by atoms with van der Waals surface area (Å²) in [5, 5.41) is 28.6. The molecule has 3 aromatic heterocycles. The van der Waals surface area contributed by atoms with Gasteiger partial charge in [-0.15, -0.1) is 11.8 Å². The smallest absolute Gasteiger partial charge is 0.185 e. The number of hydrogen-bond donors (Lipinski definition) is 3. The van der Waals surface area contributed by atoms with E-state index in [2.05, 4.69) is 25.4 Å². The average Bonchev–Trinajstić information content (AvgIpc) is 3.54. The zero-order valence-electron chi connectivity index (χ0n) is 17.2. The van der Waals surface area contributed by atoms with Crippen molar-refractivity contribution in [2.45, 2.75) is 49.1 Å². The highest BCUT2D eigenvalue weighted by molar-refractivity contribution is 7.99. The monoisotopic (exact) mass is 448 g/mol. The van der Waals surface area contributed by atoms with E-state index in [4.69, 9.17) is 14.0 Å². The van der Waals surface area contributed by atoms with Gasteiger partial charge < -0.3 is 29.5 Å². The topological polar surface area (TPSA) is 141 Å². The van der Waals surface area contributed by atoms with Crippen LogP contribution in [0.25, 0.3) is 11.2 Å². The molecular weight excluding hydrogens is 424 g/mol. The lowest BCUT2D eigenvalue weighted by atomic mass is 10.1. The molecule has 5 rings (SSSR count). The van der Waals surface area contributed by atoms with Gasteiger partial charge >= 0.3 is 0 Å². The number of aryl methyl sites for hydroxylation is 2.